The Morgan fingerprint density at radius 3 is 2.70 bits per heavy atom. The molecule has 0 saturated carbocycles. The maximum Gasteiger partial charge on any atom is 0.251 e. The molecule has 2 aromatic rings. The van der Waals surface area contributed by atoms with Crippen molar-refractivity contribution in [3.05, 3.63) is 64.1 Å². The molecule has 0 saturated heterocycles. The lowest BCUT2D eigenvalue weighted by Crippen LogP contribution is -2.32. The SMILES string of the molecule is O=C(N[C@H]1CCOc2ccccc21)c1ccc(Br)cc1. The lowest BCUT2D eigenvalue weighted by atomic mass is 10.00. The number of rotatable bonds is 2. The maximum absolute atomic E-state index is 12.3. The number of nitrogens with one attached hydrogen (secondary N) is 1. The molecule has 102 valence electrons. The fourth-order valence-corrected chi connectivity index (χ4v) is 2.60. The van der Waals surface area contributed by atoms with E-state index in [1.165, 1.54) is 0 Å². The predicted molar refractivity (Wildman–Crippen MR) is 80.9 cm³/mol. The third kappa shape index (κ3) is 2.70. The van der Waals surface area contributed by atoms with E-state index < -0.39 is 0 Å². The Bertz CT molecular complexity index is 625. The number of fused-ring (bicyclic) bond motifs is 1. The third-order valence-electron chi connectivity index (χ3n) is 3.37. The van der Waals surface area contributed by atoms with Crippen molar-refractivity contribution in [2.75, 3.05) is 6.61 Å². The van der Waals surface area contributed by atoms with Crippen LogP contribution in [0.1, 0.15) is 28.4 Å². The van der Waals surface area contributed by atoms with Crippen molar-refractivity contribution in [1.29, 1.82) is 0 Å². The van der Waals surface area contributed by atoms with Crippen LogP contribution >= 0.6 is 15.9 Å². The molecule has 0 radical (unpaired) electrons. The van der Waals surface area contributed by atoms with Crippen LogP contribution in [0, 0.1) is 0 Å². The number of amides is 1. The number of halogens is 1. The average molecular weight is 332 g/mol. The highest BCUT2D eigenvalue weighted by atomic mass is 79.9. The second-order valence-electron chi connectivity index (χ2n) is 4.71. The van der Waals surface area contributed by atoms with E-state index in [9.17, 15) is 4.79 Å². The van der Waals surface area contributed by atoms with Crippen LogP contribution in [-0.4, -0.2) is 12.5 Å². The number of ether oxygens (including phenoxy) is 1. The minimum Gasteiger partial charge on any atom is -0.493 e. The summed E-state index contributed by atoms with van der Waals surface area (Å²) in [5.74, 6) is 0.805. The number of carbonyl (C=O) groups excluding carboxylic acids is 1. The standard InChI is InChI=1S/C16H14BrNO2/c17-12-7-5-11(6-8-12)16(19)18-14-9-10-20-15-4-2-1-3-13(14)15/h1-8,14H,9-10H2,(H,18,19)/t14-/m0/s1. The molecule has 4 heteroatoms. The molecule has 1 amide bonds. The molecular weight excluding hydrogens is 318 g/mol. The van der Waals surface area contributed by atoms with Gasteiger partial charge in [0.15, 0.2) is 0 Å². The van der Waals surface area contributed by atoms with Crippen molar-refractivity contribution in [2.45, 2.75) is 12.5 Å². The van der Waals surface area contributed by atoms with Gasteiger partial charge in [-0.1, -0.05) is 34.1 Å². The molecular formula is C16H14BrNO2. The highest BCUT2D eigenvalue weighted by Gasteiger charge is 2.22. The molecule has 0 bridgehead atoms. The predicted octanol–water partition coefficient (Wildman–Crippen LogP) is 3.70. The van der Waals surface area contributed by atoms with Gasteiger partial charge in [0.2, 0.25) is 0 Å². The Labute approximate surface area is 126 Å². The summed E-state index contributed by atoms with van der Waals surface area (Å²) in [5, 5.41) is 3.08. The average Bonchev–Trinajstić information content (AvgIpc) is 2.48. The third-order valence-corrected chi connectivity index (χ3v) is 3.90. The zero-order valence-electron chi connectivity index (χ0n) is 10.8. The summed E-state index contributed by atoms with van der Waals surface area (Å²) >= 11 is 3.37. The molecule has 20 heavy (non-hydrogen) atoms. The van der Waals surface area contributed by atoms with Gasteiger partial charge in [0.25, 0.3) is 5.91 Å². The summed E-state index contributed by atoms with van der Waals surface area (Å²) in [4.78, 5) is 12.3. The van der Waals surface area contributed by atoms with Gasteiger partial charge in [-0.05, 0) is 30.3 Å². The van der Waals surface area contributed by atoms with E-state index >= 15 is 0 Å². The Balaban J connectivity index is 1.79. The highest BCUT2D eigenvalue weighted by molar-refractivity contribution is 9.10. The van der Waals surface area contributed by atoms with E-state index in [2.05, 4.69) is 21.2 Å². The van der Waals surface area contributed by atoms with Crippen LogP contribution in [0.4, 0.5) is 0 Å². The monoisotopic (exact) mass is 331 g/mol. The van der Waals surface area contributed by atoms with Gasteiger partial charge in [-0.25, -0.2) is 0 Å². The number of benzene rings is 2. The van der Waals surface area contributed by atoms with Gasteiger partial charge in [-0.15, -0.1) is 0 Å². The number of para-hydroxylation sites is 1. The van der Waals surface area contributed by atoms with Crippen LogP contribution in [0.2, 0.25) is 0 Å². The van der Waals surface area contributed by atoms with Gasteiger partial charge in [-0.3, -0.25) is 4.79 Å². The Hall–Kier alpha value is -1.81. The van der Waals surface area contributed by atoms with E-state index in [1.54, 1.807) is 0 Å². The van der Waals surface area contributed by atoms with E-state index in [4.69, 9.17) is 4.74 Å². The summed E-state index contributed by atoms with van der Waals surface area (Å²) in [6, 6.07) is 15.2. The fraction of sp³-hybridized carbons (Fsp3) is 0.188. The van der Waals surface area contributed by atoms with Crippen molar-refractivity contribution in [3.63, 3.8) is 0 Å². The van der Waals surface area contributed by atoms with Gasteiger partial charge in [-0.2, -0.15) is 0 Å². The summed E-state index contributed by atoms with van der Waals surface area (Å²) < 4.78 is 6.56. The molecule has 0 unspecified atom stereocenters. The summed E-state index contributed by atoms with van der Waals surface area (Å²) in [7, 11) is 0. The van der Waals surface area contributed by atoms with Crippen molar-refractivity contribution < 1.29 is 9.53 Å². The van der Waals surface area contributed by atoms with Crippen molar-refractivity contribution >= 4 is 21.8 Å². The first-order chi connectivity index (χ1) is 9.74. The summed E-state index contributed by atoms with van der Waals surface area (Å²) in [6.45, 7) is 0.627. The first-order valence-corrected chi connectivity index (χ1v) is 7.31. The number of hydrogen-bond acceptors (Lipinski definition) is 2. The Kier molecular flexibility index (Phi) is 3.74. The smallest absolute Gasteiger partial charge is 0.251 e. The van der Waals surface area contributed by atoms with Crippen LogP contribution in [0.15, 0.2) is 53.0 Å². The van der Waals surface area contributed by atoms with Crippen molar-refractivity contribution in [1.82, 2.24) is 5.32 Å². The van der Waals surface area contributed by atoms with Crippen LogP contribution in [0.25, 0.3) is 0 Å². The first-order valence-electron chi connectivity index (χ1n) is 6.52. The van der Waals surface area contributed by atoms with Crippen molar-refractivity contribution in [3.8, 4) is 5.75 Å². The topological polar surface area (TPSA) is 38.3 Å². The van der Waals surface area contributed by atoms with E-state index in [-0.39, 0.29) is 11.9 Å². The number of carbonyl (C=O) groups is 1. The van der Waals surface area contributed by atoms with E-state index in [1.807, 2.05) is 48.5 Å². The van der Waals surface area contributed by atoms with E-state index in [0.29, 0.717) is 12.2 Å². The van der Waals surface area contributed by atoms with Crippen LogP contribution < -0.4 is 10.1 Å². The molecule has 0 aromatic heterocycles. The first kappa shape index (κ1) is 13.2. The molecule has 1 atom stereocenters. The fourth-order valence-electron chi connectivity index (χ4n) is 2.33. The molecule has 3 nitrogen and oxygen atoms in total. The van der Waals surface area contributed by atoms with Crippen LogP contribution in [-0.2, 0) is 0 Å². The molecule has 0 fully saturated rings. The highest BCUT2D eigenvalue weighted by Crippen LogP contribution is 2.31. The lowest BCUT2D eigenvalue weighted by molar-refractivity contribution is 0.0925. The Morgan fingerprint density at radius 1 is 1.15 bits per heavy atom. The molecule has 2 aromatic carbocycles. The van der Waals surface area contributed by atoms with Crippen molar-refractivity contribution in [2.24, 2.45) is 0 Å². The lowest BCUT2D eigenvalue weighted by Gasteiger charge is -2.26. The van der Waals surface area contributed by atoms with Crippen LogP contribution in [0.5, 0.6) is 5.75 Å². The zero-order chi connectivity index (χ0) is 13.9. The second-order valence-corrected chi connectivity index (χ2v) is 5.62. The normalized spacial score (nSPS) is 16.9. The Morgan fingerprint density at radius 2 is 1.90 bits per heavy atom. The minimum atomic E-state index is -0.0563. The molecule has 1 N–H and O–H groups in total. The van der Waals surface area contributed by atoms with Gasteiger partial charge in [0.1, 0.15) is 5.75 Å². The quantitative estimate of drug-likeness (QED) is 0.911. The molecule has 3 rings (SSSR count). The molecule has 1 aliphatic rings. The second kappa shape index (κ2) is 5.67. The summed E-state index contributed by atoms with van der Waals surface area (Å²) in [5.41, 5.74) is 1.71. The largest absolute Gasteiger partial charge is 0.493 e. The van der Waals surface area contributed by atoms with Gasteiger partial charge >= 0.3 is 0 Å². The van der Waals surface area contributed by atoms with Crippen LogP contribution in [0.3, 0.4) is 0 Å². The molecule has 1 aliphatic heterocycles. The number of hydrogen-bond donors (Lipinski definition) is 1. The van der Waals surface area contributed by atoms with Gasteiger partial charge in [0.05, 0.1) is 12.6 Å². The molecule has 0 spiro atoms. The molecule has 1 heterocycles. The van der Waals surface area contributed by atoms with E-state index in [0.717, 1.165) is 22.2 Å². The minimum absolute atomic E-state index is 0.0103. The molecule has 0 aliphatic carbocycles. The summed E-state index contributed by atoms with van der Waals surface area (Å²) in [6.07, 6.45) is 0.791. The van der Waals surface area contributed by atoms with Gasteiger partial charge < -0.3 is 10.1 Å². The maximum atomic E-state index is 12.3. The zero-order valence-corrected chi connectivity index (χ0v) is 12.4. The van der Waals surface area contributed by atoms with Gasteiger partial charge in [0, 0.05) is 22.0 Å².